The zero-order valence-electron chi connectivity index (χ0n) is 27.8. The van der Waals surface area contributed by atoms with E-state index in [1.807, 2.05) is 48.5 Å². The molecule has 0 saturated carbocycles. The molecule has 2 aliphatic heterocycles. The topological polar surface area (TPSA) is 152 Å². The van der Waals surface area contributed by atoms with Crippen LogP contribution in [-0.2, 0) is 22.7 Å². The van der Waals surface area contributed by atoms with Crippen molar-refractivity contribution in [1.82, 2.24) is 40.6 Å². The van der Waals surface area contributed by atoms with Gasteiger partial charge in [0.15, 0.2) is 0 Å². The van der Waals surface area contributed by atoms with Crippen molar-refractivity contribution in [1.29, 1.82) is 0 Å². The Balaban J connectivity index is 1.10. The summed E-state index contributed by atoms with van der Waals surface area (Å²) in [5, 5.41) is 13.4. The van der Waals surface area contributed by atoms with Crippen LogP contribution >= 0.6 is 23.2 Å². The number of halogens is 2. The molecule has 262 valence electrons. The molecule has 5 heterocycles. The average molecular weight is 728 g/mol. The van der Waals surface area contributed by atoms with Crippen LogP contribution in [0.25, 0.3) is 39.2 Å². The lowest BCUT2D eigenvalue weighted by molar-refractivity contribution is -0.120. The SMILES string of the molecule is COc1nc(-c2cccc(-c3cccc(-c4ccn5c(=O)c(CNCC6CCC(=O)N6)cnc5c4)c3Cl)c2Cl)cnc1CNCC1CCC(=O)N1. The van der Waals surface area contributed by atoms with E-state index in [0.29, 0.717) is 83.1 Å². The van der Waals surface area contributed by atoms with Crippen molar-refractivity contribution in [3.05, 3.63) is 98.8 Å². The number of carbonyl (C=O) groups excluding carboxylic acids is 2. The van der Waals surface area contributed by atoms with Crippen molar-refractivity contribution < 1.29 is 14.3 Å². The third-order valence-electron chi connectivity index (χ3n) is 9.22. The summed E-state index contributed by atoms with van der Waals surface area (Å²) in [7, 11) is 1.55. The lowest BCUT2D eigenvalue weighted by Crippen LogP contribution is -2.36. The second-order valence-electron chi connectivity index (χ2n) is 12.6. The third-order valence-corrected chi connectivity index (χ3v) is 10.0. The molecule has 2 fully saturated rings. The Labute approximate surface area is 304 Å². The number of carbonyl (C=O) groups is 2. The summed E-state index contributed by atoms with van der Waals surface area (Å²) in [5.74, 6) is 0.513. The highest BCUT2D eigenvalue weighted by atomic mass is 35.5. The van der Waals surface area contributed by atoms with Gasteiger partial charge in [-0.05, 0) is 30.5 Å². The van der Waals surface area contributed by atoms with Crippen molar-refractivity contribution in [2.45, 2.75) is 50.9 Å². The molecule has 4 N–H and O–H groups in total. The first kappa shape index (κ1) is 34.6. The second-order valence-corrected chi connectivity index (χ2v) is 13.4. The molecule has 2 aliphatic rings. The molecule has 0 spiro atoms. The minimum atomic E-state index is -0.166. The predicted molar refractivity (Wildman–Crippen MR) is 196 cm³/mol. The molecule has 2 atom stereocenters. The number of ether oxygens (including phenoxy) is 1. The number of nitrogens with zero attached hydrogens (tertiary/aromatic N) is 4. The van der Waals surface area contributed by atoms with Gasteiger partial charge in [0.25, 0.3) is 5.56 Å². The van der Waals surface area contributed by atoms with E-state index in [1.165, 1.54) is 4.40 Å². The number of pyridine rings is 1. The highest BCUT2D eigenvalue weighted by molar-refractivity contribution is 6.39. The Hall–Kier alpha value is -4.88. The third kappa shape index (κ3) is 7.45. The summed E-state index contributed by atoms with van der Waals surface area (Å²) in [6, 6.07) is 15.2. The summed E-state index contributed by atoms with van der Waals surface area (Å²) >= 11 is 14.1. The van der Waals surface area contributed by atoms with Crippen LogP contribution in [0, 0.1) is 0 Å². The molecule has 2 saturated heterocycles. The number of methoxy groups -OCH3 is 1. The second kappa shape index (κ2) is 15.2. The van der Waals surface area contributed by atoms with Crippen molar-refractivity contribution in [2.75, 3.05) is 20.2 Å². The number of aromatic nitrogens is 4. The van der Waals surface area contributed by atoms with E-state index >= 15 is 0 Å². The molecule has 7 rings (SSSR count). The van der Waals surface area contributed by atoms with Crippen LogP contribution in [-0.4, -0.2) is 63.4 Å². The van der Waals surface area contributed by atoms with Crippen LogP contribution < -0.4 is 31.6 Å². The Morgan fingerprint density at radius 1 is 0.824 bits per heavy atom. The first-order chi connectivity index (χ1) is 24.8. The molecular weight excluding hydrogens is 691 g/mol. The van der Waals surface area contributed by atoms with Crippen LogP contribution in [0.3, 0.4) is 0 Å². The van der Waals surface area contributed by atoms with E-state index < -0.39 is 0 Å². The fourth-order valence-corrected chi connectivity index (χ4v) is 7.18. The van der Waals surface area contributed by atoms with E-state index in [-0.39, 0.29) is 29.5 Å². The molecular formula is C37H36Cl2N8O4. The van der Waals surface area contributed by atoms with Crippen LogP contribution in [0.1, 0.15) is 36.9 Å². The standard InChI is InChI=1S/C37H36Cl2N8O4/c1-51-36-30(19-41-18-24-9-11-33(49)45-24)42-20-29(46-36)28-7-3-6-27(35(28)39)26-5-2-4-25(34(26)38)21-12-13-47-31(14-21)43-16-22(37(47)50)15-40-17-23-8-10-32(48)44-23/h2-7,12-14,16,20,23-24,40-41H,8-11,15,17-19H2,1H3,(H,44,48)(H,45,49). The fraction of sp³-hybridized carbons (Fsp3) is 0.297. The summed E-state index contributed by atoms with van der Waals surface area (Å²) < 4.78 is 7.10. The van der Waals surface area contributed by atoms with Gasteiger partial charge in [-0.2, -0.15) is 0 Å². The zero-order valence-corrected chi connectivity index (χ0v) is 29.4. The maximum Gasteiger partial charge on any atom is 0.262 e. The van der Waals surface area contributed by atoms with E-state index in [9.17, 15) is 14.4 Å². The maximum absolute atomic E-state index is 13.3. The average Bonchev–Trinajstić information content (AvgIpc) is 3.76. The molecule has 0 bridgehead atoms. The molecule has 14 heteroatoms. The van der Waals surface area contributed by atoms with Gasteiger partial charge in [-0.1, -0.05) is 59.6 Å². The molecule has 12 nitrogen and oxygen atoms in total. The summed E-state index contributed by atoms with van der Waals surface area (Å²) in [4.78, 5) is 50.1. The monoisotopic (exact) mass is 726 g/mol. The van der Waals surface area contributed by atoms with Gasteiger partial charge in [0.2, 0.25) is 17.7 Å². The van der Waals surface area contributed by atoms with Gasteiger partial charge in [0.1, 0.15) is 11.3 Å². The predicted octanol–water partition coefficient (Wildman–Crippen LogP) is 4.54. The largest absolute Gasteiger partial charge is 0.480 e. The molecule has 2 aromatic carbocycles. The van der Waals surface area contributed by atoms with Crippen molar-refractivity contribution in [3.63, 3.8) is 0 Å². The molecule has 0 radical (unpaired) electrons. The Kier molecular flexibility index (Phi) is 10.3. The molecule has 3 aromatic heterocycles. The highest BCUT2D eigenvalue weighted by Crippen LogP contribution is 2.42. The molecule has 51 heavy (non-hydrogen) atoms. The van der Waals surface area contributed by atoms with Gasteiger partial charge in [-0.3, -0.25) is 23.8 Å². The van der Waals surface area contributed by atoms with Gasteiger partial charge in [-0.15, -0.1) is 0 Å². The quantitative estimate of drug-likeness (QED) is 0.145. The summed E-state index contributed by atoms with van der Waals surface area (Å²) in [6.07, 6.45) is 7.63. The number of amides is 2. The Bertz CT molecular complexity index is 2190. The number of benzene rings is 2. The summed E-state index contributed by atoms with van der Waals surface area (Å²) in [6.45, 7) is 1.99. The van der Waals surface area contributed by atoms with E-state index in [4.69, 9.17) is 32.9 Å². The number of fused-ring (bicyclic) bond motifs is 1. The highest BCUT2D eigenvalue weighted by Gasteiger charge is 2.22. The normalized spacial score (nSPS) is 17.2. The first-order valence-corrected chi connectivity index (χ1v) is 17.5. The van der Waals surface area contributed by atoms with Crippen LogP contribution in [0.15, 0.2) is 71.9 Å². The summed E-state index contributed by atoms with van der Waals surface area (Å²) in [5.41, 5.74) is 5.70. The number of hydrogen-bond donors (Lipinski definition) is 4. The minimum Gasteiger partial charge on any atom is -0.480 e. The number of rotatable bonds is 12. The fourth-order valence-electron chi connectivity index (χ4n) is 6.52. The number of hydrogen-bond acceptors (Lipinski definition) is 9. The molecule has 5 aromatic rings. The zero-order chi connectivity index (χ0) is 35.5. The van der Waals surface area contributed by atoms with Crippen LogP contribution in [0.5, 0.6) is 5.88 Å². The van der Waals surface area contributed by atoms with Gasteiger partial charge in [0, 0.05) is 91.3 Å². The lowest BCUT2D eigenvalue weighted by Gasteiger charge is -2.15. The Morgan fingerprint density at radius 2 is 1.45 bits per heavy atom. The minimum absolute atomic E-state index is 0.0584. The van der Waals surface area contributed by atoms with E-state index in [1.54, 1.807) is 25.7 Å². The molecule has 0 aliphatic carbocycles. The van der Waals surface area contributed by atoms with E-state index in [0.717, 1.165) is 35.1 Å². The van der Waals surface area contributed by atoms with Gasteiger partial charge < -0.3 is 26.0 Å². The van der Waals surface area contributed by atoms with Crippen LogP contribution in [0.2, 0.25) is 10.0 Å². The van der Waals surface area contributed by atoms with E-state index in [2.05, 4.69) is 31.2 Å². The number of nitrogens with one attached hydrogen (secondary N) is 4. The van der Waals surface area contributed by atoms with Crippen LogP contribution in [0.4, 0.5) is 0 Å². The smallest absolute Gasteiger partial charge is 0.262 e. The maximum atomic E-state index is 13.3. The molecule has 2 unspecified atom stereocenters. The first-order valence-electron chi connectivity index (χ1n) is 16.8. The van der Waals surface area contributed by atoms with Gasteiger partial charge in [0.05, 0.1) is 29.0 Å². The lowest BCUT2D eigenvalue weighted by atomic mass is 9.97. The van der Waals surface area contributed by atoms with Gasteiger partial charge >= 0.3 is 0 Å². The van der Waals surface area contributed by atoms with Gasteiger partial charge in [-0.25, -0.2) is 9.97 Å². The molecule has 2 amide bonds. The van der Waals surface area contributed by atoms with Crippen molar-refractivity contribution in [2.24, 2.45) is 0 Å². The van der Waals surface area contributed by atoms with Crippen molar-refractivity contribution in [3.8, 4) is 39.4 Å². The van der Waals surface area contributed by atoms with Crippen molar-refractivity contribution >= 4 is 40.7 Å². The Morgan fingerprint density at radius 3 is 2.10 bits per heavy atom.